The smallest absolute Gasteiger partial charge is 0.242 e. The van der Waals surface area contributed by atoms with Crippen LogP contribution in [-0.2, 0) is 29.1 Å². The summed E-state index contributed by atoms with van der Waals surface area (Å²) in [7, 11) is 1.61. The Morgan fingerprint density at radius 2 is 1.53 bits per heavy atom. The Bertz CT molecular complexity index is 1020. The number of carbonyl (C=O) groups excluding carboxylic acids is 2. The molecule has 0 saturated heterocycles. The second-order valence-corrected chi connectivity index (χ2v) is 7.99. The van der Waals surface area contributed by atoms with Crippen LogP contribution in [-0.4, -0.2) is 29.9 Å². The van der Waals surface area contributed by atoms with Crippen LogP contribution in [0.3, 0.4) is 0 Å². The predicted molar refractivity (Wildman–Crippen MR) is 126 cm³/mol. The summed E-state index contributed by atoms with van der Waals surface area (Å²) in [6, 6.07) is 23.7. The molecule has 0 unspecified atom stereocenters. The molecule has 3 aromatic rings. The Balaban J connectivity index is 1.71. The molecular formula is C26H27ClN2O3. The number of nitrogens with zero attached hydrogens (tertiary/aromatic N) is 1. The monoisotopic (exact) mass is 450 g/mol. The van der Waals surface area contributed by atoms with Crippen molar-refractivity contribution in [1.29, 1.82) is 0 Å². The topological polar surface area (TPSA) is 58.6 Å². The SMILES string of the molecule is COc1ccc(CNC(=O)[C@H](C)N(Cc2ccc(Cl)cc2)C(=O)Cc2ccccc2)cc1. The molecule has 0 spiro atoms. The summed E-state index contributed by atoms with van der Waals surface area (Å²) < 4.78 is 5.16. The maximum atomic E-state index is 13.2. The van der Waals surface area contributed by atoms with Crippen molar-refractivity contribution in [2.75, 3.05) is 7.11 Å². The van der Waals surface area contributed by atoms with Crippen LogP contribution < -0.4 is 10.1 Å². The molecule has 166 valence electrons. The summed E-state index contributed by atoms with van der Waals surface area (Å²) in [6.07, 6.45) is 0.227. The molecule has 6 heteroatoms. The summed E-state index contributed by atoms with van der Waals surface area (Å²) in [4.78, 5) is 27.7. The zero-order valence-electron chi connectivity index (χ0n) is 18.3. The third-order valence-corrected chi connectivity index (χ3v) is 5.51. The van der Waals surface area contributed by atoms with Gasteiger partial charge in [-0.05, 0) is 47.9 Å². The summed E-state index contributed by atoms with van der Waals surface area (Å²) in [5, 5.41) is 3.56. The van der Waals surface area contributed by atoms with Gasteiger partial charge in [0.05, 0.1) is 13.5 Å². The summed E-state index contributed by atoms with van der Waals surface area (Å²) >= 11 is 6.00. The van der Waals surface area contributed by atoms with Gasteiger partial charge in [0.2, 0.25) is 11.8 Å². The molecule has 2 amide bonds. The molecule has 1 atom stereocenters. The van der Waals surface area contributed by atoms with E-state index in [4.69, 9.17) is 16.3 Å². The Labute approximate surface area is 194 Å². The molecule has 0 fully saturated rings. The first-order chi connectivity index (χ1) is 15.5. The van der Waals surface area contributed by atoms with Crippen molar-refractivity contribution < 1.29 is 14.3 Å². The molecule has 3 rings (SSSR count). The number of carbonyl (C=O) groups is 2. The normalized spacial score (nSPS) is 11.5. The lowest BCUT2D eigenvalue weighted by Crippen LogP contribution is -2.47. The molecular weight excluding hydrogens is 424 g/mol. The van der Waals surface area contributed by atoms with E-state index in [1.165, 1.54) is 0 Å². The average Bonchev–Trinajstić information content (AvgIpc) is 2.82. The van der Waals surface area contributed by atoms with Gasteiger partial charge in [0, 0.05) is 18.1 Å². The van der Waals surface area contributed by atoms with Crippen molar-refractivity contribution in [2.45, 2.75) is 32.5 Å². The van der Waals surface area contributed by atoms with Crippen LogP contribution in [0.15, 0.2) is 78.9 Å². The Morgan fingerprint density at radius 1 is 0.906 bits per heavy atom. The maximum Gasteiger partial charge on any atom is 0.242 e. The molecule has 0 aliphatic rings. The molecule has 0 aliphatic carbocycles. The standard InChI is InChI=1S/C26H27ClN2O3/c1-19(26(31)28-17-21-10-14-24(32-2)15-11-21)29(18-22-8-12-23(27)13-9-22)25(30)16-20-6-4-3-5-7-20/h3-15,19H,16-18H2,1-2H3,(H,28,31)/t19-/m0/s1. The van der Waals surface area contributed by atoms with Crippen molar-refractivity contribution >= 4 is 23.4 Å². The summed E-state index contributed by atoms with van der Waals surface area (Å²) in [5.41, 5.74) is 2.77. The number of ether oxygens (including phenoxy) is 1. The van der Waals surface area contributed by atoms with Crippen LogP contribution in [0, 0.1) is 0 Å². The largest absolute Gasteiger partial charge is 0.497 e. The highest BCUT2D eigenvalue weighted by molar-refractivity contribution is 6.30. The van der Waals surface area contributed by atoms with E-state index in [0.717, 1.165) is 22.4 Å². The van der Waals surface area contributed by atoms with Crippen LogP contribution in [0.2, 0.25) is 5.02 Å². The van der Waals surface area contributed by atoms with Gasteiger partial charge >= 0.3 is 0 Å². The molecule has 3 aromatic carbocycles. The van der Waals surface area contributed by atoms with Crippen LogP contribution in [0.1, 0.15) is 23.6 Å². The van der Waals surface area contributed by atoms with Crippen LogP contribution in [0.4, 0.5) is 0 Å². The van der Waals surface area contributed by atoms with E-state index >= 15 is 0 Å². The van der Waals surface area contributed by atoms with Gasteiger partial charge in [0.1, 0.15) is 11.8 Å². The maximum absolute atomic E-state index is 13.2. The fourth-order valence-corrected chi connectivity index (χ4v) is 3.45. The van der Waals surface area contributed by atoms with E-state index in [-0.39, 0.29) is 18.2 Å². The first kappa shape index (κ1) is 23.4. The fourth-order valence-electron chi connectivity index (χ4n) is 3.32. The number of hydrogen-bond acceptors (Lipinski definition) is 3. The van der Waals surface area contributed by atoms with Crippen molar-refractivity contribution in [2.24, 2.45) is 0 Å². The number of halogens is 1. The van der Waals surface area contributed by atoms with Crippen molar-refractivity contribution in [3.05, 3.63) is 101 Å². The Morgan fingerprint density at radius 3 is 2.16 bits per heavy atom. The van der Waals surface area contributed by atoms with E-state index in [9.17, 15) is 9.59 Å². The molecule has 1 N–H and O–H groups in total. The van der Waals surface area contributed by atoms with Gasteiger partial charge in [-0.3, -0.25) is 9.59 Å². The molecule has 32 heavy (non-hydrogen) atoms. The highest BCUT2D eigenvalue weighted by Crippen LogP contribution is 2.16. The molecule has 0 radical (unpaired) electrons. The van der Waals surface area contributed by atoms with Crippen molar-refractivity contribution in [1.82, 2.24) is 10.2 Å². The van der Waals surface area contributed by atoms with E-state index < -0.39 is 6.04 Å². The average molecular weight is 451 g/mol. The first-order valence-corrected chi connectivity index (χ1v) is 10.8. The second-order valence-electron chi connectivity index (χ2n) is 7.55. The summed E-state index contributed by atoms with van der Waals surface area (Å²) in [5.74, 6) is 0.434. The third-order valence-electron chi connectivity index (χ3n) is 5.26. The van der Waals surface area contributed by atoms with Gasteiger partial charge in [-0.2, -0.15) is 0 Å². The lowest BCUT2D eigenvalue weighted by atomic mass is 10.1. The molecule has 0 saturated carbocycles. The Kier molecular flexibility index (Phi) is 8.28. The van der Waals surface area contributed by atoms with Crippen molar-refractivity contribution in [3.63, 3.8) is 0 Å². The van der Waals surface area contributed by atoms with Gasteiger partial charge < -0.3 is 15.0 Å². The van der Waals surface area contributed by atoms with E-state index in [1.807, 2.05) is 66.7 Å². The number of nitrogens with one attached hydrogen (secondary N) is 1. The van der Waals surface area contributed by atoms with E-state index in [1.54, 1.807) is 31.1 Å². The molecule has 5 nitrogen and oxygen atoms in total. The molecule has 0 aliphatic heterocycles. The van der Waals surface area contributed by atoms with Gasteiger partial charge in [-0.15, -0.1) is 0 Å². The minimum Gasteiger partial charge on any atom is -0.497 e. The minimum atomic E-state index is -0.639. The van der Waals surface area contributed by atoms with E-state index in [2.05, 4.69) is 5.32 Å². The number of benzene rings is 3. The molecule has 0 bridgehead atoms. The highest BCUT2D eigenvalue weighted by Gasteiger charge is 2.26. The lowest BCUT2D eigenvalue weighted by molar-refractivity contribution is -0.140. The number of hydrogen-bond donors (Lipinski definition) is 1. The zero-order chi connectivity index (χ0) is 22.9. The van der Waals surface area contributed by atoms with Crippen LogP contribution in [0.25, 0.3) is 0 Å². The third kappa shape index (κ3) is 6.59. The number of rotatable bonds is 9. The van der Waals surface area contributed by atoms with Crippen molar-refractivity contribution in [3.8, 4) is 5.75 Å². The second kappa shape index (κ2) is 11.3. The fraction of sp³-hybridized carbons (Fsp3) is 0.231. The number of methoxy groups -OCH3 is 1. The highest BCUT2D eigenvalue weighted by atomic mass is 35.5. The van der Waals surface area contributed by atoms with Crippen LogP contribution >= 0.6 is 11.6 Å². The Hall–Kier alpha value is -3.31. The molecule has 0 heterocycles. The predicted octanol–water partition coefficient (Wildman–Crippen LogP) is 4.62. The lowest BCUT2D eigenvalue weighted by Gasteiger charge is -2.29. The molecule has 0 aromatic heterocycles. The first-order valence-electron chi connectivity index (χ1n) is 10.4. The van der Waals surface area contributed by atoms with Gasteiger partial charge in [0.15, 0.2) is 0 Å². The quantitative estimate of drug-likeness (QED) is 0.517. The minimum absolute atomic E-state index is 0.113. The zero-order valence-corrected chi connectivity index (χ0v) is 19.0. The van der Waals surface area contributed by atoms with E-state index in [0.29, 0.717) is 18.1 Å². The van der Waals surface area contributed by atoms with Gasteiger partial charge in [-0.25, -0.2) is 0 Å². The van der Waals surface area contributed by atoms with Gasteiger partial charge in [-0.1, -0.05) is 66.2 Å². The van der Waals surface area contributed by atoms with Crippen LogP contribution in [0.5, 0.6) is 5.75 Å². The summed E-state index contributed by atoms with van der Waals surface area (Å²) in [6.45, 7) is 2.44. The van der Waals surface area contributed by atoms with Gasteiger partial charge in [0.25, 0.3) is 0 Å². The number of amides is 2.